The van der Waals surface area contributed by atoms with Gasteiger partial charge in [0.1, 0.15) is 18.4 Å². The number of aromatic nitrogens is 3. The maximum absolute atomic E-state index is 11.3. The zero-order chi connectivity index (χ0) is 20.4. The first-order valence-electron chi connectivity index (χ1n) is 9.19. The van der Waals surface area contributed by atoms with Crippen molar-refractivity contribution in [3.05, 3.63) is 75.9 Å². The van der Waals surface area contributed by atoms with Crippen molar-refractivity contribution in [2.75, 3.05) is 13.8 Å². The highest BCUT2D eigenvalue weighted by Crippen LogP contribution is 2.34. The van der Waals surface area contributed by atoms with Crippen LogP contribution in [0.2, 0.25) is 0 Å². The summed E-state index contributed by atoms with van der Waals surface area (Å²) in [5.74, 6) is 0.683. The number of nitrogens with zero attached hydrogens (tertiary/aromatic N) is 5. The molecule has 0 fully saturated rings. The molecular formula is C20H21N5O4. The maximum Gasteiger partial charge on any atom is 0.270 e. The van der Waals surface area contributed by atoms with E-state index < -0.39 is 0 Å². The van der Waals surface area contributed by atoms with Crippen molar-refractivity contribution >= 4 is 5.69 Å². The van der Waals surface area contributed by atoms with Crippen molar-refractivity contribution < 1.29 is 14.4 Å². The zero-order valence-corrected chi connectivity index (χ0v) is 16.2. The summed E-state index contributed by atoms with van der Waals surface area (Å²) < 4.78 is 12.6. The molecule has 1 aliphatic heterocycles. The van der Waals surface area contributed by atoms with E-state index in [9.17, 15) is 10.1 Å². The molecule has 0 saturated carbocycles. The number of hydrogen-bond acceptors (Lipinski definition) is 7. The molecule has 1 aliphatic rings. The molecule has 2 aromatic carbocycles. The average molecular weight is 395 g/mol. The standard InChI is InChI=1S/C20H21N5O4/c1-14(15-3-5-18(6-4-15)24-12-21-11-22-24)23(2)9-16-7-19(25(26)27)8-17-10-28-13-29-20(16)17/h3-8,11-12,14H,9-10,13H2,1-2H3. The summed E-state index contributed by atoms with van der Waals surface area (Å²) in [6.07, 6.45) is 3.15. The number of nitro benzene ring substituents is 1. The quantitative estimate of drug-likeness (QED) is 0.467. The van der Waals surface area contributed by atoms with Crippen LogP contribution in [0.5, 0.6) is 5.75 Å². The first kappa shape index (κ1) is 19.0. The fourth-order valence-corrected chi connectivity index (χ4v) is 3.41. The van der Waals surface area contributed by atoms with Crippen LogP contribution < -0.4 is 4.74 Å². The molecule has 1 aromatic heterocycles. The average Bonchev–Trinajstić information content (AvgIpc) is 3.28. The molecule has 4 rings (SSSR count). The molecule has 0 saturated heterocycles. The number of rotatable bonds is 6. The topological polar surface area (TPSA) is 95.6 Å². The Balaban J connectivity index is 1.55. The molecule has 3 aromatic rings. The van der Waals surface area contributed by atoms with Gasteiger partial charge in [-0.05, 0) is 31.7 Å². The second-order valence-corrected chi connectivity index (χ2v) is 6.98. The van der Waals surface area contributed by atoms with Crippen molar-refractivity contribution in [3.8, 4) is 11.4 Å². The van der Waals surface area contributed by atoms with Crippen LogP contribution in [-0.4, -0.2) is 38.4 Å². The largest absolute Gasteiger partial charge is 0.467 e. The highest BCUT2D eigenvalue weighted by molar-refractivity contribution is 5.50. The molecule has 0 N–H and O–H groups in total. The lowest BCUT2D eigenvalue weighted by Crippen LogP contribution is -2.23. The summed E-state index contributed by atoms with van der Waals surface area (Å²) in [5.41, 5.74) is 3.60. The third-order valence-corrected chi connectivity index (χ3v) is 5.12. The molecular weight excluding hydrogens is 374 g/mol. The van der Waals surface area contributed by atoms with Gasteiger partial charge in [0, 0.05) is 35.8 Å². The lowest BCUT2D eigenvalue weighted by Gasteiger charge is -2.27. The third kappa shape index (κ3) is 3.96. The van der Waals surface area contributed by atoms with Crippen LogP contribution in [0.3, 0.4) is 0 Å². The highest BCUT2D eigenvalue weighted by Gasteiger charge is 2.23. The fourth-order valence-electron chi connectivity index (χ4n) is 3.41. The van der Waals surface area contributed by atoms with Crippen LogP contribution in [0.15, 0.2) is 49.1 Å². The Labute approximate surface area is 167 Å². The van der Waals surface area contributed by atoms with Gasteiger partial charge in [0.15, 0.2) is 6.79 Å². The summed E-state index contributed by atoms with van der Waals surface area (Å²) in [6.45, 7) is 3.07. The molecule has 0 aliphatic carbocycles. The monoisotopic (exact) mass is 395 g/mol. The minimum atomic E-state index is -0.384. The minimum Gasteiger partial charge on any atom is -0.467 e. The summed E-state index contributed by atoms with van der Waals surface area (Å²) in [6, 6.07) is 11.3. The van der Waals surface area contributed by atoms with Crippen LogP contribution in [0.1, 0.15) is 29.7 Å². The maximum atomic E-state index is 11.3. The van der Waals surface area contributed by atoms with Crippen molar-refractivity contribution in [3.63, 3.8) is 0 Å². The van der Waals surface area contributed by atoms with E-state index in [0.717, 1.165) is 16.8 Å². The first-order valence-corrected chi connectivity index (χ1v) is 9.19. The Morgan fingerprint density at radius 3 is 2.79 bits per heavy atom. The van der Waals surface area contributed by atoms with Crippen LogP contribution in [-0.2, 0) is 17.9 Å². The van der Waals surface area contributed by atoms with E-state index in [2.05, 4.69) is 21.9 Å². The van der Waals surface area contributed by atoms with Gasteiger partial charge in [-0.3, -0.25) is 15.0 Å². The number of fused-ring (bicyclic) bond motifs is 1. The molecule has 9 nitrogen and oxygen atoms in total. The third-order valence-electron chi connectivity index (χ3n) is 5.12. The first-order chi connectivity index (χ1) is 14.0. The molecule has 0 spiro atoms. The zero-order valence-electron chi connectivity index (χ0n) is 16.2. The summed E-state index contributed by atoms with van der Waals surface area (Å²) in [7, 11) is 1.99. The van der Waals surface area contributed by atoms with Crippen molar-refractivity contribution in [1.82, 2.24) is 19.7 Å². The van der Waals surface area contributed by atoms with E-state index in [1.54, 1.807) is 17.1 Å². The van der Waals surface area contributed by atoms with Crippen molar-refractivity contribution in [2.24, 2.45) is 0 Å². The second kappa shape index (κ2) is 7.98. The molecule has 1 atom stereocenters. The lowest BCUT2D eigenvalue weighted by atomic mass is 10.0. The molecule has 0 bridgehead atoms. The van der Waals surface area contributed by atoms with Gasteiger partial charge in [0.05, 0.1) is 17.2 Å². The number of benzene rings is 2. The Kier molecular flexibility index (Phi) is 5.24. The van der Waals surface area contributed by atoms with Gasteiger partial charge in [0.25, 0.3) is 5.69 Å². The van der Waals surface area contributed by atoms with E-state index in [-0.39, 0.29) is 23.4 Å². The molecule has 2 heterocycles. The van der Waals surface area contributed by atoms with E-state index >= 15 is 0 Å². The van der Waals surface area contributed by atoms with Gasteiger partial charge >= 0.3 is 0 Å². The Morgan fingerprint density at radius 2 is 2.10 bits per heavy atom. The summed E-state index contributed by atoms with van der Waals surface area (Å²) in [5, 5.41) is 15.4. The van der Waals surface area contributed by atoms with Gasteiger partial charge in [-0.1, -0.05) is 12.1 Å². The number of hydrogen-bond donors (Lipinski definition) is 0. The summed E-state index contributed by atoms with van der Waals surface area (Å²) in [4.78, 5) is 17.0. The molecule has 0 radical (unpaired) electrons. The van der Waals surface area contributed by atoms with Crippen LogP contribution in [0.25, 0.3) is 5.69 Å². The Hall–Kier alpha value is -3.30. The van der Waals surface area contributed by atoms with Gasteiger partial charge in [-0.15, -0.1) is 0 Å². The van der Waals surface area contributed by atoms with E-state index in [4.69, 9.17) is 9.47 Å². The predicted octanol–water partition coefficient (Wildman–Crippen LogP) is 3.24. The van der Waals surface area contributed by atoms with Crippen LogP contribution in [0.4, 0.5) is 5.69 Å². The second-order valence-electron chi connectivity index (χ2n) is 6.98. The molecule has 150 valence electrons. The summed E-state index contributed by atoms with van der Waals surface area (Å²) >= 11 is 0. The van der Waals surface area contributed by atoms with E-state index in [0.29, 0.717) is 24.5 Å². The van der Waals surface area contributed by atoms with Crippen LogP contribution >= 0.6 is 0 Å². The van der Waals surface area contributed by atoms with Crippen molar-refractivity contribution in [1.29, 1.82) is 0 Å². The van der Waals surface area contributed by atoms with Gasteiger partial charge in [0.2, 0.25) is 0 Å². The minimum absolute atomic E-state index is 0.0473. The van der Waals surface area contributed by atoms with Gasteiger partial charge < -0.3 is 9.47 Å². The van der Waals surface area contributed by atoms with E-state index in [1.165, 1.54) is 12.4 Å². The smallest absolute Gasteiger partial charge is 0.270 e. The normalized spacial score (nSPS) is 14.3. The Morgan fingerprint density at radius 1 is 1.31 bits per heavy atom. The molecule has 9 heteroatoms. The predicted molar refractivity (Wildman–Crippen MR) is 105 cm³/mol. The Bertz CT molecular complexity index is 1000. The molecule has 29 heavy (non-hydrogen) atoms. The SMILES string of the molecule is CC(c1ccc(-n2cncn2)cc1)N(C)Cc1cc([N+](=O)[O-])cc2c1OCOC2. The fraction of sp³-hybridized carbons (Fsp3) is 0.300. The van der Waals surface area contributed by atoms with Crippen LogP contribution in [0, 0.1) is 10.1 Å². The molecule has 1 unspecified atom stereocenters. The van der Waals surface area contributed by atoms with Gasteiger partial charge in [-0.25, -0.2) is 9.67 Å². The molecule has 0 amide bonds. The van der Waals surface area contributed by atoms with Gasteiger partial charge in [-0.2, -0.15) is 5.10 Å². The van der Waals surface area contributed by atoms with Crippen molar-refractivity contribution in [2.45, 2.75) is 26.1 Å². The number of non-ortho nitro benzene ring substituents is 1. The van der Waals surface area contributed by atoms with E-state index in [1.807, 2.05) is 31.3 Å². The highest BCUT2D eigenvalue weighted by atomic mass is 16.7. The lowest BCUT2D eigenvalue weighted by molar-refractivity contribution is -0.385. The number of nitro groups is 1. The number of ether oxygens (including phenoxy) is 2.